The highest BCUT2D eigenvalue weighted by Gasteiger charge is 2.54. The molecule has 0 amide bonds. The van der Waals surface area contributed by atoms with Crippen LogP contribution in [0.3, 0.4) is 0 Å². The number of sulfone groups is 1. The van der Waals surface area contributed by atoms with Gasteiger partial charge in [-0.15, -0.1) is 0 Å². The van der Waals surface area contributed by atoms with Crippen LogP contribution < -0.4 is 4.74 Å². The number of ketones is 1. The highest BCUT2D eigenvalue weighted by molar-refractivity contribution is 7.91. The van der Waals surface area contributed by atoms with Crippen molar-refractivity contribution >= 4 is 15.6 Å². The molecule has 3 aliphatic carbocycles. The van der Waals surface area contributed by atoms with Crippen molar-refractivity contribution in [2.45, 2.75) is 81.6 Å². The fourth-order valence-corrected chi connectivity index (χ4v) is 9.71. The van der Waals surface area contributed by atoms with E-state index in [9.17, 15) is 13.2 Å². The number of likely N-dealkylation sites (tertiary alicyclic amines) is 1. The Labute approximate surface area is 227 Å². The van der Waals surface area contributed by atoms with Crippen molar-refractivity contribution in [1.82, 2.24) is 4.90 Å². The Bertz CT molecular complexity index is 1270. The zero-order chi connectivity index (χ0) is 26.3. The first-order chi connectivity index (χ1) is 18.3. The average Bonchev–Trinajstić information content (AvgIpc) is 3.25. The summed E-state index contributed by atoms with van der Waals surface area (Å²) >= 11 is 0. The molecule has 0 N–H and O–H groups in total. The van der Waals surface area contributed by atoms with Crippen LogP contribution in [-0.4, -0.2) is 50.6 Å². The molecule has 38 heavy (non-hydrogen) atoms. The topological polar surface area (TPSA) is 63.7 Å². The minimum Gasteiger partial charge on any atom is -0.492 e. The molecule has 4 aliphatic rings. The van der Waals surface area contributed by atoms with Crippen molar-refractivity contribution < 1.29 is 17.9 Å². The molecule has 1 saturated heterocycles. The number of carbonyl (C=O) groups is 1. The van der Waals surface area contributed by atoms with Crippen LogP contribution in [0.4, 0.5) is 0 Å². The molecule has 2 aromatic rings. The summed E-state index contributed by atoms with van der Waals surface area (Å²) in [5, 5.41) is 0. The van der Waals surface area contributed by atoms with Gasteiger partial charge < -0.3 is 4.74 Å². The van der Waals surface area contributed by atoms with Crippen LogP contribution in [0, 0.1) is 17.3 Å². The quantitative estimate of drug-likeness (QED) is 0.447. The summed E-state index contributed by atoms with van der Waals surface area (Å²) in [6, 6.07) is 15.2. The van der Waals surface area contributed by atoms with Gasteiger partial charge in [0.05, 0.1) is 16.7 Å². The summed E-state index contributed by atoms with van der Waals surface area (Å²) in [5.41, 5.74) is 2.74. The van der Waals surface area contributed by atoms with Crippen LogP contribution in [0.25, 0.3) is 0 Å². The van der Waals surface area contributed by atoms with E-state index >= 15 is 0 Å². The highest BCUT2D eigenvalue weighted by Crippen LogP contribution is 2.59. The molecule has 6 rings (SSSR count). The third-order valence-corrected chi connectivity index (χ3v) is 12.1. The van der Waals surface area contributed by atoms with E-state index < -0.39 is 9.84 Å². The highest BCUT2D eigenvalue weighted by atomic mass is 32.2. The van der Waals surface area contributed by atoms with Crippen molar-refractivity contribution in [2.24, 2.45) is 17.3 Å². The van der Waals surface area contributed by atoms with Gasteiger partial charge in [-0.25, -0.2) is 8.42 Å². The van der Waals surface area contributed by atoms with E-state index in [2.05, 4.69) is 30.0 Å². The zero-order valence-electron chi connectivity index (χ0n) is 22.6. The number of Topliss-reactive ketones (excluding diaryl/α,β-unsaturated/α-hetero) is 1. The number of carbonyl (C=O) groups excluding carboxylic acids is 1. The van der Waals surface area contributed by atoms with Crippen LogP contribution in [0.5, 0.6) is 5.75 Å². The molecule has 6 heteroatoms. The van der Waals surface area contributed by atoms with E-state index in [0.717, 1.165) is 70.2 Å². The molecule has 204 valence electrons. The SMILES string of the molecule is C[C@]12CC[C@@H]3c4ccc(OCC(CS(=O)(=O)c5ccccc5)N5CCCCC5)cc4CC[C@H]3[C@@H]1CCC2=O. The first-order valence-corrected chi connectivity index (χ1v) is 16.3. The van der Waals surface area contributed by atoms with Crippen molar-refractivity contribution in [1.29, 1.82) is 0 Å². The third-order valence-electron chi connectivity index (χ3n) is 10.3. The Balaban J connectivity index is 1.17. The lowest BCUT2D eigenvalue weighted by atomic mass is 9.55. The molecule has 1 aliphatic heterocycles. The van der Waals surface area contributed by atoms with Gasteiger partial charge in [-0.1, -0.05) is 37.6 Å². The third kappa shape index (κ3) is 4.83. The van der Waals surface area contributed by atoms with Gasteiger partial charge in [0.25, 0.3) is 0 Å². The van der Waals surface area contributed by atoms with Crippen molar-refractivity contribution in [3.05, 3.63) is 59.7 Å². The maximum atomic E-state index is 13.2. The lowest BCUT2D eigenvalue weighted by Crippen LogP contribution is -2.46. The number of ether oxygens (including phenoxy) is 1. The molecule has 5 nitrogen and oxygen atoms in total. The maximum absolute atomic E-state index is 13.2. The van der Waals surface area contributed by atoms with Crippen LogP contribution in [0.1, 0.15) is 75.3 Å². The van der Waals surface area contributed by atoms with Gasteiger partial charge in [-0.3, -0.25) is 9.69 Å². The standard InChI is InChI=1S/C32H41NO4S/c1-32-17-16-28-27-13-11-25(20-23(27)10-12-29(28)30(32)14-15-31(32)34)37-21-24(33-18-6-3-7-19-33)22-38(35,36)26-8-4-2-5-9-26/h2,4-5,8-9,11,13,20,24,28-30H,3,6-7,10,12,14-19,21-22H2,1H3/t24?,28-,29-,30+,32+/m1/s1. The summed E-state index contributed by atoms with van der Waals surface area (Å²) in [5.74, 6) is 3.12. The Morgan fingerprint density at radius 3 is 2.58 bits per heavy atom. The minimum atomic E-state index is -3.40. The number of fused-ring (bicyclic) bond motifs is 5. The first kappa shape index (κ1) is 26.1. The van der Waals surface area contributed by atoms with Gasteiger partial charge in [-0.2, -0.15) is 0 Å². The van der Waals surface area contributed by atoms with Gasteiger partial charge in [0, 0.05) is 11.8 Å². The molecular formula is C32H41NO4S. The van der Waals surface area contributed by atoms with Gasteiger partial charge in [0.15, 0.2) is 9.84 Å². The van der Waals surface area contributed by atoms with Crippen molar-refractivity contribution in [3.8, 4) is 5.75 Å². The Kier molecular flexibility index (Phi) is 7.15. The predicted molar refractivity (Wildman–Crippen MR) is 149 cm³/mol. The van der Waals surface area contributed by atoms with Crippen LogP contribution >= 0.6 is 0 Å². The minimum absolute atomic E-state index is 0.0740. The number of benzene rings is 2. The molecule has 1 unspecified atom stereocenters. The fraction of sp³-hybridized carbons (Fsp3) is 0.594. The van der Waals surface area contributed by atoms with Crippen molar-refractivity contribution in [2.75, 3.05) is 25.4 Å². The fourth-order valence-electron chi connectivity index (χ4n) is 8.13. The first-order valence-electron chi connectivity index (χ1n) is 14.7. The van der Waals surface area contributed by atoms with Gasteiger partial charge >= 0.3 is 0 Å². The van der Waals surface area contributed by atoms with E-state index in [1.807, 2.05) is 6.07 Å². The molecule has 5 atom stereocenters. The molecule has 2 aromatic carbocycles. The normalized spacial score (nSPS) is 30.2. The summed E-state index contributed by atoms with van der Waals surface area (Å²) in [6.45, 7) is 4.45. The molecule has 2 saturated carbocycles. The van der Waals surface area contributed by atoms with E-state index in [1.165, 1.54) is 17.5 Å². The van der Waals surface area contributed by atoms with Crippen molar-refractivity contribution in [3.63, 3.8) is 0 Å². The summed E-state index contributed by atoms with van der Waals surface area (Å²) in [6.07, 6.45) is 9.56. The van der Waals surface area contributed by atoms with E-state index in [4.69, 9.17) is 4.74 Å². The lowest BCUT2D eigenvalue weighted by molar-refractivity contribution is -0.129. The number of piperidine rings is 1. The molecule has 0 bridgehead atoms. The molecule has 3 fully saturated rings. The van der Waals surface area contributed by atoms with Crippen LogP contribution in [0.2, 0.25) is 0 Å². The molecule has 0 aromatic heterocycles. The maximum Gasteiger partial charge on any atom is 0.180 e. The number of hydrogen-bond donors (Lipinski definition) is 0. The predicted octanol–water partition coefficient (Wildman–Crippen LogP) is 5.82. The largest absolute Gasteiger partial charge is 0.492 e. The molecular weight excluding hydrogens is 494 g/mol. The van der Waals surface area contributed by atoms with E-state index in [1.54, 1.807) is 24.3 Å². The summed E-state index contributed by atoms with van der Waals surface area (Å²) in [7, 11) is -3.40. The van der Waals surface area contributed by atoms with Gasteiger partial charge in [0.1, 0.15) is 18.1 Å². The molecule has 0 spiro atoms. The second-order valence-corrected chi connectivity index (χ2v) is 14.4. The Morgan fingerprint density at radius 1 is 1.00 bits per heavy atom. The summed E-state index contributed by atoms with van der Waals surface area (Å²) in [4.78, 5) is 15.3. The average molecular weight is 536 g/mol. The molecule has 1 heterocycles. The lowest BCUT2D eigenvalue weighted by Gasteiger charge is -2.48. The van der Waals surface area contributed by atoms with Crippen LogP contribution in [-0.2, 0) is 21.1 Å². The monoisotopic (exact) mass is 535 g/mol. The number of hydrogen-bond acceptors (Lipinski definition) is 5. The van der Waals surface area contributed by atoms with Crippen LogP contribution in [0.15, 0.2) is 53.4 Å². The Hall–Kier alpha value is -2.18. The van der Waals surface area contributed by atoms with Gasteiger partial charge in [0.2, 0.25) is 0 Å². The number of aryl methyl sites for hydroxylation is 1. The van der Waals surface area contributed by atoms with Gasteiger partial charge in [-0.05, 0) is 111 Å². The Morgan fingerprint density at radius 2 is 1.79 bits per heavy atom. The molecule has 0 radical (unpaired) electrons. The van der Waals surface area contributed by atoms with E-state index in [0.29, 0.717) is 35.0 Å². The van der Waals surface area contributed by atoms with E-state index in [-0.39, 0.29) is 17.2 Å². The number of rotatable bonds is 7. The second-order valence-electron chi connectivity index (χ2n) is 12.4. The second kappa shape index (κ2) is 10.4. The zero-order valence-corrected chi connectivity index (χ0v) is 23.4. The smallest absolute Gasteiger partial charge is 0.180 e. The summed E-state index contributed by atoms with van der Waals surface area (Å²) < 4.78 is 32.8. The number of nitrogens with zero attached hydrogens (tertiary/aromatic N) is 1.